The molecule has 0 N–H and O–H groups in total. The average Bonchev–Trinajstić information content (AvgIpc) is 2.33. The van der Waals surface area contributed by atoms with Crippen LogP contribution in [0.15, 0.2) is 24.3 Å². The molecule has 0 aliphatic heterocycles. The molecule has 0 bridgehead atoms. The van der Waals surface area contributed by atoms with Gasteiger partial charge in [-0.15, -0.1) is 13.2 Å². The Bertz CT molecular complexity index is 535. The van der Waals surface area contributed by atoms with Crippen LogP contribution in [0.1, 0.15) is 16.8 Å². The number of benzene rings is 1. The van der Waals surface area contributed by atoms with Crippen molar-refractivity contribution < 1.29 is 42.5 Å². The lowest BCUT2D eigenvalue weighted by Crippen LogP contribution is -2.44. The summed E-state index contributed by atoms with van der Waals surface area (Å²) in [5.74, 6) is -7.58. The summed E-state index contributed by atoms with van der Waals surface area (Å²) < 4.78 is 39.3. The number of carboxylic acids is 2. The van der Waals surface area contributed by atoms with Crippen LogP contribution in [-0.4, -0.2) is 24.1 Å². The van der Waals surface area contributed by atoms with Gasteiger partial charge in [0.2, 0.25) is 0 Å². The molecular formula is C12H7F3O6-2. The van der Waals surface area contributed by atoms with E-state index in [1.165, 1.54) is 0 Å². The van der Waals surface area contributed by atoms with E-state index in [4.69, 9.17) is 0 Å². The molecule has 1 aromatic rings. The summed E-state index contributed by atoms with van der Waals surface area (Å²) in [6.07, 6.45) is -5.81. The predicted octanol–water partition coefficient (Wildman–Crippen LogP) is -0.726. The molecular weight excluding hydrogens is 297 g/mol. The van der Waals surface area contributed by atoms with Gasteiger partial charge in [-0.25, -0.2) is 0 Å². The second-order valence-electron chi connectivity index (χ2n) is 3.89. The smallest absolute Gasteiger partial charge is 0.549 e. The third-order valence-corrected chi connectivity index (χ3v) is 2.37. The molecule has 0 aliphatic carbocycles. The van der Waals surface area contributed by atoms with E-state index in [0.29, 0.717) is 0 Å². The summed E-state index contributed by atoms with van der Waals surface area (Å²) in [5.41, 5.74) is -0.169. The summed E-state index contributed by atoms with van der Waals surface area (Å²) in [7, 11) is 0. The van der Waals surface area contributed by atoms with Crippen molar-refractivity contribution in [2.75, 3.05) is 0 Å². The number of ketones is 1. The van der Waals surface area contributed by atoms with Crippen LogP contribution < -0.4 is 14.9 Å². The van der Waals surface area contributed by atoms with E-state index in [0.717, 1.165) is 24.3 Å². The highest BCUT2D eigenvalue weighted by atomic mass is 19.4. The maximum absolute atomic E-state index is 11.9. The lowest BCUT2D eigenvalue weighted by atomic mass is 9.98. The van der Waals surface area contributed by atoms with Gasteiger partial charge in [-0.2, -0.15) is 0 Å². The Morgan fingerprint density at radius 2 is 1.52 bits per heavy atom. The number of alkyl halides is 3. The number of rotatable bonds is 6. The molecule has 0 radical (unpaired) electrons. The van der Waals surface area contributed by atoms with Crippen molar-refractivity contribution in [2.45, 2.75) is 12.8 Å². The van der Waals surface area contributed by atoms with Crippen molar-refractivity contribution in [2.24, 2.45) is 5.92 Å². The van der Waals surface area contributed by atoms with E-state index in [9.17, 15) is 37.8 Å². The second kappa shape index (κ2) is 6.25. The summed E-state index contributed by atoms with van der Waals surface area (Å²) in [4.78, 5) is 32.6. The van der Waals surface area contributed by atoms with Gasteiger partial charge in [0.15, 0.2) is 5.78 Å². The Balaban J connectivity index is 2.80. The zero-order chi connectivity index (χ0) is 16.2. The average molecular weight is 304 g/mol. The molecule has 0 saturated carbocycles. The predicted molar refractivity (Wildman–Crippen MR) is 55.6 cm³/mol. The quantitative estimate of drug-likeness (QED) is 0.507. The van der Waals surface area contributed by atoms with Crippen LogP contribution >= 0.6 is 0 Å². The van der Waals surface area contributed by atoms with Gasteiger partial charge in [0.1, 0.15) is 5.75 Å². The van der Waals surface area contributed by atoms with E-state index in [-0.39, 0.29) is 5.56 Å². The largest absolute Gasteiger partial charge is 0.573 e. The monoisotopic (exact) mass is 304 g/mol. The molecule has 0 unspecified atom stereocenters. The summed E-state index contributed by atoms with van der Waals surface area (Å²) in [6, 6.07) is 3.58. The number of halogens is 3. The first-order chi connectivity index (χ1) is 9.60. The maximum atomic E-state index is 11.9. The van der Waals surface area contributed by atoms with Gasteiger partial charge in [-0.3, -0.25) is 4.79 Å². The van der Waals surface area contributed by atoms with Crippen LogP contribution in [0.25, 0.3) is 0 Å². The molecule has 0 heterocycles. The first-order valence-electron chi connectivity index (χ1n) is 5.41. The molecule has 0 aromatic heterocycles. The van der Waals surface area contributed by atoms with Gasteiger partial charge < -0.3 is 24.5 Å². The summed E-state index contributed by atoms with van der Waals surface area (Å²) >= 11 is 0. The van der Waals surface area contributed by atoms with Crippen molar-refractivity contribution >= 4 is 17.7 Å². The molecule has 9 heteroatoms. The third kappa shape index (κ3) is 5.13. The minimum Gasteiger partial charge on any atom is -0.549 e. The van der Waals surface area contributed by atoms with Crippen LogP contribution in [0, 0.1) is 5.92 Å². The SMILES string of the molecule is O=C(CC(C(=O)[O-])C(=O)[O-])c1ccc(OC(F)(F)F)cc1. The van der Waals surface area contributed by atoms with E-state index in [1.807, 2.05) is 0 Å². The van der Waals surface area contributed by atoms with E-state index in [1.54, 1.807) is 0 Å². The molecule has 0 amide bonds. The number of carboxylic acid groups (broad SMARTS) is 2. The van der Waals surface area contributed by atoms with Crippen LogP contribution in [-0.2, 0) is 9.59 Å². The van der Waals surface area contributed by atoms with Crippen molar-refractivity contribution in [1.82, 2.24) is 0 Å². The number of aliphatic carboxylic acids is 2. The van der Waals surface area contributed by atoms with Gasteiger partial charge in [0.05, 0.1) is 11.9 Å². The number of hydrogen-bond acceptors (Lipinski definition) is 6. The van der Waals surface area contributed by atoms with Gasteiger partial charge in [-0.05, 0) is 24.3 Å². The van der Waals surface area contributed by atoms with Crippen molar-refractivity contribution in [1.29, 1.82) is 0 Å². The lowest BCUT2D eigenvalue weighted by Gasteiger charge is -2.18. The molecule has 0 spiro atoms. The van der Waals surface area contributed by atoms with Gasteiger partial charge >= 0.3 is 6.36 Å². The zero-order valence-corrected chi connectivity index (χ0v) is 10.2. The maximum Gasteiger partial charge on any atom is 0.573 e. The molecule has 6 nitrogen and oxygen atoms in total. The number of carbonyl (C=O) groups is 3. The Morgan fingerprint density at radius 1 is 1.05 bits per heavy atom. The normalized spacial score (nSPS) is 11.2. The van der Waals surface area contributed by atoms with E-state index in [2.05, 4.69) is 4.74 Å². The number of ether oxygens (including phenoxy) is 1. The standard InChI is InChI=1S/C12H9F3O6/c13-12(14,15)21-7-3-1-6(2-4-7)9(16)5-8(10(17)18)11(19)20/h1-4,8H,5H2,(H,17,18)(H,19,20)/p-2. The molecule has 114 valence electrons. The summed E-state index contributed by atoms with van der Waals surface area (Å²) in [6.45, 7) is 0. The van der Waals surface area contributed by atoms with Crippen molar-refractivity contribution in [3.63, 3.8) is 0 Å². The highest BCUT2D eigenvalue weighted by Gasteiger charge is 2.31. The Kier molecular flexibility index (Phi) is 4.90. The Hall–Kier alpha value is -2.58. The first-order valence-corrected chi connectivity index (χ1v) is 5.41. The van der Waals surface area contributed by atoms with Crippen LogP contribution in [0.4, 0.5) is 13.2 Å². The highest BCUT2D eigenvalue weighted by molar-refractivity contribution is 6.02. The van der Waals surface area contributed by atoms with Crippen LogP contribution in [0.3, 0.4) is 0 Å². The minimum atomic E-state index is -4.89. The molecule has 0 aliphatic rings. The Morgan fingerprint density at radius 3 is 1.90 bits per heavy atom. The zero-order valence-electron chi connectivity index (χ0n) is 10.2. The highest BCUT2D eigenvalue weighted by Crippen LogP contribution is 2.23. The van der Waals surface area contributed by atoms with E-state index < -0.39 is 42.2 Å². The molecule has 0 fully saturated rings. The molecule has 21 heavy (non-hydrogen) atoms. The van der Waals surface area contributed by atoms with Gasteiger partial charge in [0, 0.05) is 17.9 Å². The first kappa shape index (κ1) is 16.5. The van der Waals surface area contributed by atoms with Crippen LogP contribution in [0.2, 0.25) is 0 Å². The fourth-order valence-corrected chi connectivity index (χ4v) is 1.41. The van der Waals surface area contributed by atoms with Crippen molar-refractivity contribution in [3.05, 3.63) is 29.8 Å². The molecule has 0 atom stereocenters. The number of hydrogen-bond donors (Lipinski definition) is 0. The Labute approximate surface area is 115 Å². The fraction of sp³-hybridized carbons (Fsp3) is 0.250. The minimum absolute atomic E-state index is 0.169. The summed E-state index contributed by atoms with van der Waals surface area (Å²) in [5, 5.41) is 21.0. The lowest BCUT2D eigenvalue weighted by molar-refractivity contribution is -0.331. The van der Waals surface area contributed by atoms with Crippen molar-refractivity contribution in [3.8, 4) is 5.75 Å². The van der Waals surface area contributed by atoms with Gasteiger partial charge in [-0.1, -0.05) is 0 Å². The molecule has 1 rings (SSSR count). The fourth-order valence-electron chi connectivity index (χ4n) is 1.41. The topological polar surface area (TPSA) is 107 Å². The molecule has 0 saturated heterocycles. The van der Waals surface area contributed by atoms with Gasteiger partial charge in [0.25, 0.3) is 0 Å². The second-order valence-corrected chi connectivity index (χ2v) is 3.89. The number of carbonyl (C=O) groups excluding carboxylic acids is 3. The number of Topliss-reactive ketones (excluding diaryl/α,β-unsaturated/α-hetero) is 1. The van der Waals surface area contributed by atoms with Crippen LogP contribution in [0.5, 0.6) is 5.75 Å². The third-order valence-electron chi connectivity index (χ3n) is 2.37. The van der Waals surface area contributed by atoms with E-state index >= 15 is 0 Å². The molecule has 1 aromatic carbocycles.